The van der Waals surface area contributed by atoms with Gasteiger partial charge in [0, 0.05) is 24.5 Å². The Morgan fingerprint density at radius 2 is 1.83 bits per heavy atom. The summed E-state index contributed by atoms with van der Waals surface area (Å²) in [6.45, 7) is 8.32. The molecule has 1 aromatic heterocycles. The maximum absolute atomic E-state index is 4.24. The summed E-state index contributed by atoms with van der Waals surface area (Å²) in [5.41, 5.74) is 6.41. The van der Waals surface area contributed by atoms with E-state index in [1.165, 1.54) is 27.8 Å². The van der Waals surface area contributed by atoms with Crippen LogP contribution in [0.15, 0.2) is 36.7 Å². The maximum atomic E-state index is 4.24. The number of rotatable bonds is 4. The molecule has 94 valence electrons. The van der Waals surface area contributed by atoms with Crippen LogP contribution in [-0.4, -0.2) is 11.5 Å². The third-order valence-corrected chi connectivity index (χ3v) is 3.21. The van der Waals surface area contributed by atoms with Crippen molar-refractivity contribution in [2.24, 2.45) is 0 Å². The van der Waals surface area contributed by atoms with Crippen molar-refractivity contribution in [3.63, 3.8) is 0 Å². The van der Waals surface area contributed by atoms with E-state index >= 15 is 0 Å². The van der Waals surface area contributed by atoms with Crippen molar-refractivity contribution in [2.45, 2.75) is 27.3 Å². The summed E-state index contributed by atoms with van der Waals surface area (Å²) in [7, 11) is 0. The fraction of sp³-hybridized carbons (Fsp3) is 0.312. The second kappa shape index (κ2) is 5.78. The highest BCUT2D eigenvalue weighted by Gasteiger charge is 2.06. The lowest BCUT2D eigenvalue weighted by Gasteiger charge is -2.11. The molecule has 0 saturated heterocycles. The van der Waals surface area contributed by atoms with E-state index in [0.717, 1.165) is 13.1 Å². The van der Waals surface area contributed by atoms with Crippen LogP contribution < -0.4 is 5.32 Å². The molecule has 1 heterocycles. The topological polar surface area (TPSA) is 24.9 Å². The van der Waals surface area contributed by atoms with E-state index in [1.807, 2.05) is 12.4 Å². The van der Waals surface area contributed by atoms with Gasteiger partial charge in [-0.2, -0.15) is 0 Å². The zero-order chi connectivity index (χ0) is 13.0. The highest BCUT2D eigenvalue weighted by molar-refractivity contribution is 5.70. The van der Waals surface area contributed by atoms with Crippen molar-refractivity contribution < 1.29 is 0 Å². The van der Waals surface area contributed by atoms with Crippen molar-refractivity contribution in [3.05, 3.63) is 53.3 Å². The first-order valence-electron chi connectivity index (χ1n) is 6.43. The largest absolute Gasteiger partial charge is 0.313 e. The van der Waals surface area contributed by atoms with Gasteiger partial charge in [0.15, 0.2) is 0 Å². The maximum Gasteiger partial charge on any atom is 0.0349 e. The lowest BCUT2D eigenvalue weighted by Crippen LogP contribution is -2.11. The summed E-state index contributed by atoms with van der Waals surface area (Å²) >= 11 is 0. The molecule has 1 aromatic carbocycles. The highest BCUT2D eigenvalue weighted by Crippen LogP contribution is 2.26. The lowest BCUT2D eigenvalue weighted by molar-refractivity contribution is 0.727. The molecule has 2 rings (SSSR count). The van der Waals surface area contributed by atoms with Crippen LogP contribution in [0.2, 0.25) is 0 Å². The van der Waals surface area contributed by atoms with Crippen molar-refractivity contribution in [1.82, 2.24) is 10.3 Å². The minimum atomic E-state index is 0.920. The van der Waals surface area contributed by atoms with Crippen LogP contribution in [0.25, 0.3) is 11.1 Å². The van der Waals surface area contributed by atoms with Crippen molar-refractivity contribution >= 4 is 0 Å². The minimum Gasteiger partial charge on any atom is -0.313 e. The molecule has 18 heavy (non-hydrogen) atoms. The van der Waals surface area contributed by atoms with Crippen LogP contribution in [-0.2, 0) is 6.54 Å². The number of aromatic nitrogens is 1. The Morgan fingerprint density at radius 1 is 1.06 bits per heavy atom. The molecule has 0 fully saturated rings. The first-order valence-corrected chi connectivity index (χ1v) is 6.43. The van der Waals surface area contributed by atoms with Crippen LogP contribution in [0.5, 0.6) is 0 Å². The van der Waals surface area contributed by atoms with Gasteiger partial charge < -0.3 is 5.32 Å². The van der Waals surface area contributed by atoms with Gasteiger partial charge in [-0.15, -0.1) is 0 Å². The van der Waals surface area contributed by atoms with Crippen LogP contribution >= 0.6 is 0 Å². The summed E-state index contributed by atoms with van der Waals surface area (Å²) in [6.07, 6.45) is 3.80. The number of aryl methyl sites for hydroxylation is 2. The first-order chi connectivity index (χ1) is 8.72. The molecule has 1 N–H and O–H groups in total. The minimum absolute atomic E-state index is 0.920. The fourth-order valence-electron chi connectivity index (χ4n) is 2.08. The van der Waals surface area contributed by atoms with E-state index in [0.29, 0.717) is 0 Å². The number of nitrogens with zero attached hydrogens (tertiary/aromatic N) is 1. The second-order valence-electron chi connectivity index (χ2n) is 4.62. The van der Waals surface area contributed by atoms with E-state index in [2.05, 4.69) is 55.3 Å². The highest BCUT2D eigenvalue weighted by atomic mass is 14.8. The first kappa shape index (κ1) is 12.8. The number of benzene rings is 1. The van der Waals surface area contributed by atoms with Gasteiger partial charge in [-0.25, -0.2) is 0 Å². The van der Waals surface area contributed by atoms with Gasteiger partial charge in [-0.1, -0.05) is 19.1 Å². The van der Waals surface area contributed by atoms with E-state index in [-0.39, 0.29) is 0 Å². The molecule has 0 amide bonds. The molecule has 0 unspecified atom stereocenters. The molecule has 0 aliphatic rings. The molecule has 0 aliphatic carbocycles. The standard InChI is InChI=1S/C16H20N2/c1-4-17-10-14-6-5-12(2)15(9-14)16-11-18-8-7-13(16)3/h5-9,11,17H,4,10H2,1-3H3. The van der Waals surface area contributed by atoms with Crippen molar-refractivity contribution in [2.75, 3.05) is 6.54 Å². The molecule has 0 atom stereocenters. The molecule has 2 heteroatoms. The number of pyridine rings is 1. The van der Waals surface area contributed by atoms with Gasteiger partial charge in [-0.05, 0) is 54.8 Å². The monoisotopic (exact) mass is 240 g/mol. The van der Waals surface area contributed by atoms with E-state index in [4.69, 9.17) is 0 Å². The summed E-state index contributed by atoms with van der Waals surface area (Å²) in [5.74, 6) is 0. The Kier molecular flexibility index (Phi) is 4.11. The van der Waals surface area contributed by atoms with Gasteiger partial charge in [0.05, 0.1) is 0 Å². The SMILES string of the molecule is CCNCc1ccc(C)c(-c2cnccc2C)c1. The number of nitrogens with one attached hydrogen (secondary N) is 1. The van der Waals surface area contributed by atoms with E-state index < -0.39 is 0 Å². The molecular formula is C16H20N2. The summed E-state index contributed by atoms with van der Waals surface area (Å²) in [5, 5.41) is 3.36. The zero-order valence-corrected chi connectivity index (χ0v) is 11.3. The third-order valence-electron chi connectivity index (χ3n) is 3.21. The van der Waals surface area contributed by atoms with Gasteiger partial charge >= 0.3 is 0 Å². The molecule has 2 aromatic rings. The smallest absolute Gasteiger partial charge is 0.0349 e. The summed E-state index contributed by atoms with van der Waals surface area (Å²) < 4.78 is 0. The van der Waals surface area contributed by atoms with Crippen molar-refractivity contribution in [1.29, 1.82) is 0 Å². The summed E-state index contributed by atoms with van der Waals surface area (Å²) in [4.78, 5) is 4.24. The van der Waals surface area contributed by atoms with Gasteiger partial charge in [-0.3, -0.25) is 4.98 Å². The normalized spacial score (nSPS) is 10.6. The van der Waals surface area contributed by atoms with E-state index in [1.54, 1.807) is 0 Å². The molecule has 0 aliphatic heterocycles. The fourth-order valence-corrected chi connectivity index (χ4v) is 2.08. The lowest BCUT2D eigenvalue weighted by atomic mass is 9.96. The summed E-state index contributed by atoms with van der Waals surface area (Å²) in [6, 6.07) is 8.70. The zero-order valence-electron chi connectivity index (χ0n) is 11.3. The van der Waals surface area contributed by atoms with Gasteiger partial charge in [0.2, 0.25) is 0 Å². The molecule has 0 radical (unpaired) electrons. The quantitative estimate of drug-likeness (QED) is 0.885. The Balaban J connectivity index is 2.40. The third kappa shape index (κ3) is 2.77. The average molecular weight is 240 g/mol. The molecule has 0 bridgehead atoms. The predicted octanol–water partition coefficient (Wildman–Crippen LogP) is 3.47. The molecular weight excluding hydrogens is 220 g/mol. The van der Waals surface area contributed by atoms with Crippen molar-refractivity contribution in [3.8, 4) is 11.1 Å². The van der Waals surface area contributed by atoms with Crippen LogP contribution in [0, 0.1) is 13.8 Å². The molecule has 2 nitrogen and oxygen atoms in total. The Labute approximate surface area is 109 Å². The molecule has 0 spiro atoms. The van der Waals surface area contributed by atoms with Crippen LogP contribution in [0.1, 0.15) is 23.6 Å². The van der Waals surface area contributed by atoms with Gasteiger partial charge in [0.1, 0.15) is 0 Å². The molecule has 0 saturated carbocycles. The van der Waals surface area contributed by atoms with Gasteiger partial charge in [0.25, 0.3) is 0 Å². The number of hydrogen-bond donors (Lipinski definition) is 1. The number of hydrogen-bond acceptors (Lipinski definition) is 2. The average Bonchev–Trinajstić information content (AvgIpc) is 2.39. The van der Waals surface area contributed by atoms with Crippen LogP contribution in [0.4, 0.5) is 0 Å². The van der Waals surface area contributed by atoms with Crippen LogP contribution in [0.3, 0.4) is 0 Å². The Hall–Kier alpha value is -1.67. The second-order valence-corrected chi connectivity index (χ2v) is 4.62. The predicted molar refractivity (Wildman–Crippen MR) is 76.5 cm³/mol. The Bertz CT molecular complexity index is 532. The van der Waals surface area contributed by atoms with E-state index in [9.17, 15) is 0 Å². The Morgan fingerprint density at radius 3 is 2.56 bits per heavy atom.